The number of ether oxygens (including phenoxy) is 2. The first-order chi connectivity index (χ1) is 16.0. The molecule has 0 radical (unpaired) electrons. The van der Waals surface area contributed by atoms with Crippen molar-refractivity contribution in [2.24, 2.45) is 0 Å². The molecule has 1 aromatic heterocycles. The lowest BCUT2D eigenvalue weighted by Crippen LogP contribution is -2.48. The second kappa shape index (κ2) is 7.61. The quantitative estimate of drug-likeness (QED) is 0.605. The van der Waals surface area contributed by atoms with E-state index in [2.05, 4.69) is 17.1 Å². The predicted molar refractivity (Wildman–Crippen MR) is 124 cm³/mol. The minimum Gasteiger partial charge on any atom is -0.486 e. The summed E-state index contributed by atoms with van der Waals surface area (Å²) >= 11 is 0. The lowest BCUT2D eigenvalue weighted by Gasteiger charge is -2.43. The van der Waals surface area contributed by atoms with Crippen LogP contribution >= 0.6 is 0 Å². The van der Waals surface area contributed by atoms with E-state index < -0.39 is 0 Å². The summed E-state index contributed by atoms with van der Waals surface area (Å²) < 4.78 is 13.1. The first kappa shape index (κ1) is 20.3. The molecule has 2 aromatic carbocycles. The Hall–Kier alpha value is -3.35. The van der Waals surface area contributed by atoms with Crippen molar-refractivity contribution in [3.8, 4) is 11.5 Å². The van der Waals surface area contributed by atoms with Gasteiger partial charge in [-0.05, 0) is 54.7 Å². The zero-order valence-electron chi connectivity index (χ0n) is 18.8. The van der Waals surface area contributed by atoms with Gasteiger partial charge in [-0.2, -0.15) is 0 Å². The molecular formula is C26H27N3O4. The van der Waals surface area contributed by atoms with Crippen molar-refractivity contribution in [2.75, 3.05) is 19.8 Å². The van der Waals surface area contributed by atoms with Crippen LogP contribution in [-0.2, 0) is 23.3 Å². The smallest absolute Gasteiger partial charge is 0.261 e. The molecule has 3 aromatic rings. The molecule has 7 nitrogen and oxygen atoms in total. The maximum absolute atomic E-state index is 13.4. The van der Waals surface area contributed by atoms with E-state index >= 15 is 0 Å². The average Bonchev–Trinajstić information content (AvgIpc) is 3.29. The Morgan fingerprint density at radius 1 is 1.12 bits per heavy atom. The van der Waals surface area contributed by atoms with Gasteiger partial charge < -0.3 is 14.4 Å². The van der Waals surface area contributed by atoms with Crippen LogP contribution in [0.5, 0.6) is 11.5 Å². The van der Waals surface area contributed by atoms with Crippen molar-refractivity contribution in [1.82, 2.24) is 14.5 Å². The lowest BCUT2D eigenvalue weighted by atomic mass is 9.73. The fourth-order valence-electron chi connectivity index (χ4n) is 5.82. The number of rotatable bonds is 2. The molecule has 1 aliphatic carbocycles. The van der Waals surface area contributed by atoms with Crippen LogP contribution in [0.15, 0.2) is 41.5 Å². The molecule has 1 saturated carbocycles. The minimum absolute atomic E-state index is 0.00825. The van der Waals surface area contributed by atoms with Crippen molar-refractivity contribution >= 4 is 16.8 Å². The van der Waals surface area contributed by atoms with Crippen molar-refractivity contribution < 1.29 is 14.3 Å². The normalized spacial score (nSPS) is 18.5. The molecule has 0 saturated heterocycles. The second-order valence-corrected chi connectivity index (χ2v) is 9.54. The Kier molecular flexibility index (Phi) is 4.67. The van der Waals surface area contributed by atoms with E-state index in [9.17, 15) is 9.59 Å². The number of nitrogens with zero attached hydrogens (tertiary/aromatic N) is 3. The van der Waals surface area contributed by atoms with E-state index in [0.717, 1.165) is 48.3 Å². The minimum atomic E-state index is -0.176. The Balaban J connectivity index is 1.33. The third-order valence-corrected chi connectivity index (χ3v) is 7.47. The standard InChI is InChI=1S/C26H27N3O4/c1-17-5-4-6-19-24(17)27-16-29(25(19)31)14-23(30)28-13-18-11-21-22(33-10-9-32-21)12-20(18)26(15-28)7-2-3-8-26/h4-6,11-12,16H,2-3,7-10,13-15H2,1H3. The summed E-state index contributed by atoms with van der Waals surface area (Å²) in [6.07, 6.45) is 5.92. The van der Waals surface area contributed by atoms with Gasteiger partial charge in [-0.25, -0.2) is 4.98 Å². The van der Waals surface area contributed by atoms with E-state index in [-0.39, 0.29) is 23.4 Å². The van der Waals surface area contributed by atoms with E-state index in [1.807, 2.05) is 24.0 Å². The molecule has 170 valence electrons. The number of hydrogen-bond acceptors (Lipinski definition) is 5. The van der Waals surface area contributed by atoms with E-state index in [4.69, 9.17) is 9.47 Å². The van der Waals surface area contributed by atoms with Gasteiger partial charge in [-0.3, -0.25) is 14.2 Å². The summed E-state index contributed by atoms with van der Waals surface area (Å²) in [6.45, 7) is 4.22. The summed E-state index contributed by atoms with van der Waals surface area (Å²) in [6, 6.07) is 9.76. The Morgan fingerprint density at radius 3 is 2.67 bits per heavy atom. The molecule has 33 heavy (non-hydrogen) atoms. The van der Waals surface area contributed by atoms with Gasteiger partial charge in [-0.15, -0.1) is 0 Å². The third kappa shape index (κ3) is 3.29. The number of amides is 1. The van der Waals surface area contributed by atoms with Gasteiger partial charge in [0, 0.05) is 18.5 Å². The summed E-state index contributed by atoms with van der Waals surface area (Å²) in [5.74, 6) is 1.51. The molecule has 7 heteroatoms. The Morgan fingerprint density at radius 2 is 1.88 bits per heavy atom. The summed E-state index contributed by atoms with van der Waals surface area (Å²) in [5, 5.41) is 0.547. The first-order valence-electron chi connectivity index (χ1n) is 11.7. The fourth-order valence-corrected chi connectivity index (χ4v) is 5.82. The number of carbonyl (C=O) groups is 1. The van der Waals surface area contributed by atoms with Crippen LogP contribution < -0.4 is 15.0 Å². The zero-order chi connectivity index (χ0) is 22.6. The largest absolute Gasteiger partial charge is 0.486 e. The highest BCUT2D eigenvalue weighted by Crippen LogP contribution is 2.49. The molecule has 0 N–H and O–H groups in total. The molecule has 1 fully saturated rings. The van der Waals surface area contributed by atoms with Crippen LogP contribution in [0, 0.1) is 6.92 Å². The van der Waals surface area contributed by atoms with Gasteiger partial charge >= 0.3 is 0 Å². The number of hydrogen-bond donors (Lipinski definition) is 0. The second-order valence-electron chi connectivity index (χ2n) is 9.54. The molecule has 6 rings (SSSR count). The SMILES string of the molecule is Cc1cccc2c(=O)n(CC(=O)N3Cc4cc5c(cc4C4(CCCC4)C3)OCCO5)cnc12. The number of para-hydroxylation sites is 1. The maximum Gasteiger partial charge on any atom is 0.261 e. The van der Waals surface area contributed by atoms with Gasteiger partial charge in [0.15, 0.2) is 11.5 Å². The number of benzene rings is 2. The van der Waals surface area contributed by atoms with Crippen LogP contribution in [0.25, 0.3) is 10.9 Å². The van der Waals surface area contributed by atoms with Gasteiger partial charge in [0.25, 0.3) is 5.56 Å². The maximum atomic E-state index is 13.4. The van der Waals surface area contributed by atoms with Crippen molar-refractivity contribution in [3.63, 3.8) is 0 Å². The first-order valence-corrected chi connectivity index (χ1v) is 11.7. The van der Waals surface area contributed by atoms with Crippen LogP contribution in [-0.4, -0.2) is 40.1 Å². The van der Waals surface area contributed by atoms with Crippen molar-refractivity contribution in [2.45, 2.75) is 51.1 Å². The fraction of sp³-hybridized carbons (Fsp3) is 0.423. The topological polar surface area (TPSA) is 73.7 Å². The van der Waals surface area contributed by atoms with Crippen LogP contribution in [0.4, 0.5) is 0 Å². The van der Waals surface area contributed by atoms with Gasteiger partial charge in [0.05, 0.1) is 17.2 Å². The number of fused-ring (bicyclic) bond motifs is 4. The van der Waals surface area contributed by atoms with E-state index in [1.165, 1.54) is 16.5 Å². The van der Waals surface area contributed by atoms with Crippen LogP contribution in [0.2, 0.25) is 0 Å². The van der Waals surface area contributed by atoms with E-state index in [1.54, 1.807) is 6.07 Å². The molecule has 0 bridgehead atoms. The third-order valence-electron chi connectivity index (χ3n) is 7.47. The molecular weight excluding hydrogens is 418 g/mol. The van der Waals surface area contributed by atoms with Gasteiger partial charge in [0.1, 0.15) is 19.8 Å². The van der Waals surface area contributed by atoms with Gasteiger partial charge in [-0.1, -0.05) is 25.0 Å². The highest BCUT2D eigenvalue weighted by atomic mass is 16.6. The molecule has 0 atom stereocenters. The zero-order valence-corrected chi connectivity index (χ0v) is 18.8. The monoisotopic (exact) mass is 445 g/mol. The molecule has 0 unspecified atom stereocenters. The molecule has 1 amide bonds. The highest BCUT2D eigenvalue weighted by molar-refractivity contribution is 5.81. The van der Waals surface area contributed by atoms with Crippen molar-refractivity contribution in [1.29, 1.82) is 0 Å². The Labute approximate surface area is 191 Å². The highest BCUT2D eigenvalue weighted by Gasteiger charge is 2.43. The number of aromatic nitrogens is 2. The average molecular weight is 446 g/mol. The van der Waals surface area contributed by atoms with Crippen molar-refractivity contribution in [3.05, 3.63) is 63.7 Å². The molecule has 3 aliphatic rings. The summed E-state index contributed by atoms with van der Waals surface area (Å²) in [4.78, 5) is 32.8. The lowest BCUT2D eigenvalue weighted by molar-refractivity contribution is -0.134. The predicted octanol–water partition coefficient (Wildman–Crippen LogP) is 3.33. The number of aryl methyl sites for hydroxylation is 1. The molecule has 1 spiro atoms. The molecule has 3 heterocycles. The Bertz CT molecular complexity index is 1320. The van der Waals surface area contributed by atoms with Crippen LogP contribution in [0.3, 0.4) is 0 Å². The van der Waals surface area contributed by atoms with Gasteiger partial charge in [0.2, 0.25) is 5.91 Å². The summed E-state index contributed by atoms with van der Waals surface area (Å²) in [7, 11) is 0. The summed E-state index contributed by atoms with van der Waals surface area (Å²) in [5.41, 5.74) is 3.84. The van der Waals surface area contributed by atoms with Crippen LogP contribution in [0.1, 0.15) is 42.4 Å². The number of carbonyl (C=O) groups excluding carboxylic acids is 1. The molecule has 2 aliphatic heterocycles. The van der Waals surface area contributed by atoms with E-state index in [0.29, 0.717) is 37.2 Å².